The standard InChI is InChI=1S/C16H15BrClNS2/c1-2-7-19-15(14-9-11(17)16(18)21-14)13-8-10-5-3-4-6-12(10)20-13/h3-6,8-9,15,19H,2,7H2,1H3. The summed E-state index contributed by atoms with van der Waals surface area (Å²) in [6.07, 6.45) is 1.11. The van der Waals surface area contributed by atoms with Gasteiger partial charge >= 0.3 is 0 Å². The van der Waals surface area contributed by atoms with Crippen LogP contribution >= 0.6 is 50.2 Å². The molecule has 0 spiro atoms. The molecule has 0 aliphatic carbocycles. The minimum absolute atomic E-state index is 0.219. The van der Waals surface area contributed by atoms with Crippen LogP contribution in [-0.4, -0.2) is 6.54 Å². The second-order valence-corrected chi connectivity index (χ2v) is 8.50. The number of nitrogens with one attached hydrogen (secondary N) is 1. The van der Waals surface area contributed by atoms with Crippen LogP contribution in [0.25, 0.3) is 10.1 Å². The summed E-state index contributed by atoms with van der Waals surface area (Å²) in [5.74, 6) is 0. The summed E-state index contributed by atoms with van der Waals surface area (Å²) in [4.78, 5) is 2.60. The highest BCUT2D eigenvalue weighted by molar-refractivity contribution is 9.10. The molecule has 1 N–H and O–H groups in total. The Morgan fingerprint density at radius 2 is 1.95 bits per heavy atom. The average molecular weight is 401 g/mol. The van der Waals surface area contributed by atoms with Gasteiger partial charge in [0.2, 0.25) is 0 Å². The van der Waals surface area contributed by atoms with Crippen LogP contribution < -0.4 is 5.32 Å². The lowest BCUT2D eigenvalue weighted by atomic mass is 10.1. The van der Waals surface area contributed by atoms with Crippen molar-refractivity contribution in [3.8, 4) is 0 Å². The van der Waals surface area contributed by atoms with Gasteiger partial charge in [0.15, 0.2) is 0 Å². The molecule has 110 valence electrons. The fourth-order valence-corrected chi connectivity index (χ4v) is 5.35. The van der Waals surface area contributed by atoms with E-state index in [4.69, 9.17) is 11.6 Å². The summed E-state index contributed by atoms with van der Waals surface area (Å²) >= 11 is 13.2. The predicted octanol–water partition coefficient (Wildman–Crippen LogP) is 6.47. The number of halogens is 2. The van der Waals surface area contributed by atoms with Gasteiger partial charge in [0.1, 0.15) is 4.34 Å². The van der Waals surface area contributed by atoms with E-state index in [1.807, 2.05) is 11.3 Å². The minimum atomic E-state index is 0.219. The SMILES string of the molecule is CCCNC(c1cc(Br)c(Cl)s1)c1cc2ccccc2s1. The average Bonchev–Trinajstić information content (AvgIpc) is 3.04. The molecule has 0 aliphatic heterocycles. The highest BCUT2D eigenvalue weighted by Crippen LogP contribution is 2.40. The number of hydrogen-bond acceptors (Lipinski definition) is 3. The zero-order chi connectivity index (χ0) is 14.8. The van der Waals surface area contributed by atoms with Gasteiger partial charge in [0.05, 0.1) is 6.04 Å². The molecular formula is C16H15BrClNS2. The summed E-state index contributed by atoms with van der Waals surface area (Å²) in [6.45, 7) is 3.18. The van der Waals surface area contributed by atoms with E-state index in [0.717, 1.165) is 21.8 Å². The molecule has 0 radical (unpaired) electrons. The Labute approximate surface area is 146 Å². The van der Waals surface area contributed by atoms with E-state index in [1.165, 1.54) is 19.8 Å². The van der Waals surface area contributed by atoms with E-state index in [1.54, 1.807) is 11.3 Å². The summed E-state index contributed by atoms with van der Waals surface area (Å²) in [5, 5.41) is 4.95. The lowest BCUT2D eigenvalue weighted by Gasteiger charge is -2.15. The maximum atomic E-state index is 6.22. The molecule has 0 saturated carbocycles. The van der Waals surface area contributed by atoms with Crippen LogP contribution in [0.15, 0.2) is 40.9 Å². The van der Waals surface area contributed by atoms with Gasteiger partial charge < -0.3 is 5.32 Å². The molecule has 1 atom stereocenters. The van der Waals surface area contributed by atoms with Gasteiger partial charge in [-0.05, 0) is 52.5 Å². The summed E-state index contributed by atoms with van der Waals surface area (Å²) in [5.41, 5.74) is 0. The first-order valence-corrected chi connectivity index (χ1v) is 9.66. The van der Waals surface area contributed by atoms with Gasteiger partial charge in [0, 0.05) is 18.9 Å². The molecule has 0 aliphatic rings. The highest BCUT2D eigenvalue weighted by Gasteiger charge is 2.19. The molecule has 1 unspecified atom stereocenters. The third-order valence-corrected chi connectivity index (χ3v) is 7.00. The topological polar surface area (TPSA) is 12.0 Å². The number of thiophene rings is 2. The Morgan fingerprint density at radius 1 is 1.19 bits per heavy atom. The molecule has 3 rings (SSSR count). The van der Waals surface area contributed by atoms with E-state index in [2.05, 4.69) is 64.6 Å². The summed E-state index contributed by atoms with van der Waals surface area (Å²) in [7, 11) is 0. The van der Waals surface area contributed by atoms with Crippen LogP contribution in [0.5, 0.6) is 0 Å². The molecule has 21 heavy (non-hydrogen) atoms. The van der Waals surface area contributed by atoms with Crippen molar-refractivity contribution in [1.82, 2.24) is 5.32 Å². The molecule has 0 bridgehead atoms. The van der Waals surface area contributed by atoms with E-state index in [-0.39, 0.29) is 6.04 Å². The lowest BCUT2D eigenvalue weighted by Crippen LogP contribution is -2.21. The fraction of sp³-hybridized carbons (Fsp3) is 0.250. The van der Waals surface area contributed by atoms with Gasteiger partial charge in [-0.25, -0.2) is 0 Å². The van der Waals surface area contributed by atoms with Crippen LogP contribution in [0, 0.1) is 0 Å². The van der Waals surface area contributed by atoms with Crippen LogP contribution in [0.4, 0.5) is 0 Å². The summed E-state index contributed by atoms with van der Waals surface area (Å²) < 4.78 is 3.13. The smallest absolute Gasteiger partial charge is 0.107 e. The summed E-state index contributed by atoms with van der Waals surface area (Å²) in [6, 6.07) is 13.2. The maximum absolute atomic E-state index is 6.22. The molecule has 5 heteroatoms. The molecule has 0 amide bonds. The molecule has 1 aromatic carbocycles. The molecule has 0 fully saturated rings. The normalized spacial score (nSPS) is 12.9. The van der Waals surface area contributed by atoms with Gasteiger partial charge in [-0.2, -0.15) is 0 Å². The Balaban J connectivity index is 2.01. The maximum Gasteiger partial charge on any atom is 0.107 e. The van der Waals surface area contributed by atoms with Crippen molar-refractivity contribution < 1.29 is 0 Å². The Hall–Kier alpha value is -0.390. The van der Waals surface area contributed by atoms with E-state index in [9.17, 15) is 0 Å². The largest absolute Gasteiger partial charge is 0.305 e. The van der Waals surface area contributed by atoms with Crippen LogP contribution in [0.1, 0.15) is 29.1 Å². The first kappa shape index (κ1) is 15.5. The number of rotatable bonds is 5. The molecule has 2 aromatic heterocycles. The third-order valence-electron chi connectivity index (χ3n) is 3.28. The number of fused-ring (bicyclic) bond motifs is 1. The zero-order valence-electron chi connectivity index (χ0n) is 11.5. The van der Waals surface area contributed by atoms with Crippen LogP contribution in [-0.2, 0) is 0 Å². The van der Waals surface area contributed by atoms with Gasteiger partial charge in [-0.15, -0.1) is 22.7 Å². The lowest BCUT2D eigenvalue weighted by molar-refractivity contribution is 0.613. The third kappa shape index (κ3) is 3.35. The van der Waals surface area contributed by atoms with Crippen molar-refractivity contribution in [3.63, 3.8) is 0 Å². The fourth-order valence-electron chi connectivity index (χ4n) is 2.28. The van der Waals surface area contributed by atoms with Crippen molar-refractivity contribution >= 4 is 60.3 Å². The molecule has 2 heterocycles. The molecule has 3 aromatic rings. The van der Waals surface area contributed by atoms with Crippen LogP contribution in [0.3, 0.4) is 0 Å². The first-order chi connectivity index (χ1) is 10.2. The molecule has 0 saturated heterocycles. The minimum Gasteiger partial charge on any atom is -0.305 e. The Bertz CT molecular complexity index is 697. The zero-order valence-corrected chi connectivity index (χ0v) is 15.5. The number of hydrogen-bond donors (Lipinski definition) is 1. The van der Waals surface area contributed by atoms with Crippen molar-refractivity contribution in [3.05, 3.63) is 55.0 Å². The monoisotopic (exact) mass is 399 g/mol. The number of benzene rings is 1. The van der Waals surface area contributed by atoms with E-state index in [0.29, 0.717) is 0 Å². The van der Waals surface area contributed by atoms with Crippen LogP contribution in [0.2, 0.25) is 4.34 Å². The Morgan fingerprint density at radius 3 is 2.62 bits per heavy atom. The van der Waals surface area contributed by atoms with E-state index >= 15 is 0 Å². The molecule has 1 nitrogen and oxygen atoms in total. The van der Waals surface area contributed by atoms with Crippen molar-refractivity contribution in [2.24, 2.45) is 0 Å². The van der Waals surface area contributed by atoms with Gasteiger partial charge in [0.25, 0.3) is 0 Å². The van der Waals surface area contributed by atoms with E-state index < -0.39 is 0 Å². The first-order valence-electron chi connectivity index (χ1n) is 6.85. The van der Waals surface area contributed by atoms with Crippen molar-refractivity contribution in [2.75, 3.05) is 6.54 Å². The van der Waals surface area contributed by atoms with Crippen molar-refractivity contribution in [1.29, 1.82) is 0 Å². The quantitative estimate of drug-likeness (QED) is 0.517. The highest BCUT2D eigenvalue weighted by atomic mass is 79.9. The second kappa shape index (κ2) is 6.80. The predicted molar refractivity (Wildman–Crippen MR) is 99.0 cm³/mol. The van der Waals surface area contributed by atoms with Crippen molar-refractivity contribution in [2.45, 2.75) is 19.4 Å². The van der Waals surface area contributed by atoms with Gasteiger partial charge in [-0.3, -0.25) is 0 Å². The van der Waals surface area contributed by atoms with Gasteiger partial charge in [-0.1, -0.05) is 36.7 Å². The second-order valence-electron chi connectivity index (χ2n) is 4.84. The Kier molecular flexibility index (Phi) is 5.02. The molecular weight excluding hydrogens is 386 g/mol.